The van der Waals surface area contributed by atoms with Crippen molar-refractivity contribution in [1.29, 1.82) is 0 Å². The third-order valence-electron chi connectivity index (χ3n) is 5.22. The zero-order chi connectivity index (χ0) is 21.5. The molecule has 3 aromatic rings. The summed E-state index contributed by atoms with van der Waals surface area (Å²) in [6, 6.07) is 23.6. The lowest BCUT2D eigenvalue weighted by atomic mass is 10.1. The van der Waals surface area contributed by atoms with Crippen LogP contribution in [0.25, 0.3) is 0 Å². The summed E-state index contributed by atoms with van der Waals surface area (Å²) >= 11 is 0. The Morgan fingerprint density at radius 2 is 1.71 bits per heavy atom. The van der Waals surface area contributed by atoms with Gasteiger partial charge in [-0.25, -0.2) is 0 Å². The molecule has 0 saturated heterocycles. The first kappa shape index (κ1) is 20.8. The summed E-state index contributed by atoms with van der Waals surface area (Å²) in [6.45, 7) is 3.32. The van der Waals surface area contributed by atoms with Gasteiger partial charge in [0.05, 0.1) is 6.54 Å². The van der Waals surface area contributed by atoms with E-state index < -0.39 is 0 Å². The van der Waals surface area contributed by atoms with E-state index >= 15 is 0 Å². The van der Waals surface area contributed by atoms with Crippen LogP contribution in [0.2, 0.25) is 0 Å². The number of carbonyl (C=O) groups excluding carboxylic acids is 1. The second-order valence-corrected chi connectivity index (χ2v) is 7.54. The predicted molar refractivity (Wildman–Crippen MR) is 120 cm³/mol. The first-order valence-corrected chi connectivity index (χ1v) is 10.7. The molecule has 3 aromatic carbocycles. The van der Waals surface area contributed by atoms with Crippen molar-refractivity contribution < 1.29 is 19.0 Å². The molecule has 4 rings (SSSR count). The van der Waals surface area contributed by atoms with E-state index in [1.54, 1.807) is 0 Å². The van der Waals surface area contributed by atoms with E-state index in [4.69, 9.17) is 14.2 Å². The second-order valence-electron chi connectivity index (χ2n) is 7.54. The van der Waals surface area contributed by atoms with Gasteiger partial charge in [0.25, 0.3) is 0 Å². The van der Waals surface area contributed by atoms with E-state index in [0.717, 1.165) is 46.9 Å². The van der Waals surface area contributed by atoms with Gasteiger partial charge in [-0.3, -0.25) is 4.79 Å². The van der Waals surface area contributed by atoms with Crippen molar-refractivity contribution in [3.05, 3.63) is 83.9 Å². The number of anilines is 1. The summed E-state index contributed by atoms with van der Waals surface area (Å²) in [5.74, 6) is 2.35. The highest BCUT2D eigenvalue weighted by Gasteiger charge is 2.19. The quantitative estimate of drug-likeness (QED) is 0.447. The Morgan fingerprint density at radius 3 is 2.48 bits per heavy atom. The summed E-state index contributed by atoms with van der Waals surface area (Å²) in [4.78, 5) is 14.8. The van der Waals surface area contributed by atoms with E-state index in [2.05, 4.69) is 6.92 Å². The van der Waals surface area contributed by atoms with E-state index in [-0.39, 0.29) is 12.7 Å². The molecule has 1 heterocycles. The van der Waals surface area contributed by atoms with Crippen LogP contribution in [0.3, 0.4) is 0 Å². The zero-order valence-corrected chi connectivity index (χ0v) is 17.8. The highest BCUT2D eigenvalue weighted by Crippen LogP contribution is 2.33. The first-order chi connectivity index (χ1) is 15.2. The Morgan fingerprint density at radius 1 is 0.935 bits per heavy atom. The van der Waals surface area contributed by atoms with Gasteiger partial charge in [-0.05, 0) is 53.9 Å². The minimum Gasteiger partial charge on any atom is -0.489 e. The van der Waals surface area contributed by atoms with Crippen LogP contribution in [0.4, 0.5) is 5.69 Å². The van der Waals surface area contributed by atoms with Crippen molar-refractivity contribution in [1.82, 2.24) is 0 Å². The Hall–Kier alpha value is -3.47. The van der Waals surface area contributed by atoms with Gasteiger partial charge in [0.2, 0.25) is 12.7 Å². The lowest BCUT2D eigenvalue weighted by molar-refractivity contribution is -0.118. The average Bonchev–Trinajstić information content (AvgIpc) is 3.29. The van der Waals surface area contributed by atoms with Gasteiger partial charge in [0, 0.05) is 12.1 Å². The lowest BCUT2D eigenvalue weighted by Crippen LogP contribution is -2.30. The molecular formula is C26H27NO4. The van der Waals surface area contributed by atoms with Crippen molar-refractivity contribution in [3.8, 4) is 17.2 Å². The highest BCUT2D eigenvalue weighted by atomic mass is 16.7. The standard InChI is InChI=1S/C26H27NO4/c1-2-3-9-26(28)27(17-21-10-15-24-25(16-21)31-19-30-24)22-11-13-23(14-12-22)29-18-20-7-5-4-6-8-20/h4-8,10-16H,2-3,9,17-19H2,1H3. The molecule has 0 aromatic heterocycles. The first-order valence-electron chi connectivity index (χ1n) is 10.7. The summed E-state index contributed by atoms with van der Waals surface area (Å²) in [5.41, 5.74) is 2.97. The molecule has 0 atom stereocenters. The smallest absolute Gasteiger partial charge is 0.231 e. The van der Waals surface area contributed by atoms with Crippen LogP contribution < -0.4 is 19.1 Å². The monoisotopic (exact) mass is 417 g/mol. The molecule has 160 valence electrons. The van der Waals surface area contributed by atoms with Gasteiger partial charge in [-0.2, -0.15) is 0 Å². The number of hydrogen-bond acceptors (Lipinski definition) is 4. The largest absolute Gasteiger partial charge is 0.489 e. The number of rotatable bonds is 9. The molecule has 0 radical (unpaired) electrons. The second kappa shape index (κ2) is 10.0. The van der Waals surface area contributed by atoms with Crippen LogP contribution in [-0.4, -0.2) is 12.7 Å². The Kier molecular flexibility index (Phi) is 6.72. The molecule has 5 heteroatoms. The maximum Gasteiger partial charge on any atom is 0.231 e. The fourth-order valence-corrected chi connectivity index (χ4v) is 3.47. The number of benzene rings is 3. The van der Waals surface area contributed by atoms with Crippen molar-refractivity contribution >= 4 is 11.6 Å². The number of ether oxygens (including phenoxy) is 3. The number of amides is 1. The van der Waals surface area contributed by atoms with Crippen molar-refractivity contribution in [2.75, 3.05) is 11.7 Å². The minimum atomic E-state index is 0.109. The molecule has 31 heavy (non-hydrogen) atoms. The summed E-state index contributed by atoms with van der Waals surface area (Å²) in [5, 5.41) is 0. The van der Waals surface area contributed by atoms with Crippen molar-refractivity contribution in [2.45, 2.75) is 39.3 Å². The zero-order valence-electron chi connectivity index (χ0n) is 17.8. The molecule has 0 saturated carbocycles. The Labute approximate surface area is 183 Å². The van der Waals surface area contributed by atoms with Gasteiger partial charge in [0.15, 0.2) is 11.5 Å². The van der Waals surface area contributed by atoms with Crippen molar-refractivity contribution in [2.24, 2.45) is 0 Å². The molecule has 5 nitrogen and oxygen atoms in total. The topological polar surface area (TPSA) is 48.0 Å². The SMILES string of the molecule is CCCCC(=O)N(Cc1ccc2c(c1)OCO2)c1ccc(OCc2ccccc2)cc1. The molecule has 0 spiro atoms. The molecule has 0 bridgehead atoms. The number of nitrogens with zero attached hydrogens (tertiary/aromatic N) is 1. The van der Waals surface area contributed by atoms with E-state index in [9.17, 15) is 4.79 Å². The molecule has 0 fully saturated rings. The third-order valence-corrected chi connectivity index (χ3v) is 5.22. The number of hydrogen-bond donors (Lipinski definition) is 0. The van der Waals surface area contributed by atoms with Gasteiger partial charge in [-0.15, -0.1) is 0 Å². The Balaban J connectivity index is 1.48. The molecule has 1 aliphatic rings. The average molecular weight is 418 g/mol. The van der Waals surface area contributed by atoms with Crippen LogP contribution in [0.15, 0.2) is 72.8 Å². The van der Waals surface area contributed by atoms with Gasteiger partial charge in [-0.1, -0.05) is 49.7 Å². The summed E-state index contributed by atoms with van der Waals surface area (Å²) < 4.78 is 16.8. The molecule has 0 N–H and O–H groups in total. The maximum atomic E-state index is 13.0. The van der Waals surface area contributed by atoms with Crippen LogP contribution in [0, 0.1) is 0 Å². The number of fused-ring (bicyclic) bond motifs is 1. The van der Waals surface area contributed by atoms with Crippen LogP contribution >= 0.6 is 0 Å². The lowest BCUT2D eigenvalue weighted by Gasteiger charge is -2.23. The van der Waals surface area contributed by atoms with Crippen LogP contribution in [0.1, 0.15) is 37.3 Å². The summed E-state index contributed by atoms with van der Waals surface area (Å²) in [7, 11) is 0. The number of unbranched alkanes of at least 4 members (excludes halogenated alkanes) is 1. The molecular weight excluding hydrogens is 390 g/mol. The Bertz CT molecular complexity index is 1000. The number of carbonyl (C=O) groups is 1. The fraction of sp³-hybridized carbons (Fsp3) is 0.269. The van der Waals surface area contributed by atoms with Gasteiger partial charge >= 0.3 is 0 Å². The van der Waals surface area contributed by atoms with Gasteiger partial charge < -0.3 is 19.1 Å². The highest BCUT2D eigenvalue weighted by molar-refractivity contribution is 5.93. The minimum absolute atomic E-state index is 0.109. The fourth-order valence-electron chi connectivity index (χ4n) is 3.47. The van der Waals surface area contributed by atoms with Crippen molar-refractivity contribution in [3.63, 3.8) is 0 Å². The summed E-state index contributed by atoms with van der Waals surface area (Å²) in [6.07, 6.45) is 2.37. The predicted octanol–water partition coefficient (Wildman–Crippen LogP) is 5.72. The third kappa shape index (κ3) is 5.37. The van der Waals surface area contributed by atoms with Crippen LogP contribution in [0.5, 0.6) is 17.2 Å². The molecule has 1 aliphatic heterocycles. The van der Waals surface area contributed by atoms with Crippen LogP contribution in [-0.2, 0) is 17.9 Å². The van der Waals surface area contributed by atoms with E-state index in [1.165, 1.54) is 0 Å². The molecule has 1 amide bonds. The normalized spacial score (nSPS) is 11.9. The maximum absolute atomic E-state index is 13.0. The van der Waals surface area contributed by atoms with E-state index in [1.807, 2.05) is 77.7 Å². The van der Waals surface area contributed by atoms with Gasteiger partial charge in [0.1, 0.15) is 12.4 Å². The molecule has 0 aliphatic carbocycles. The molecule has 0 unspecified atom stereocenters. The van der Waals surface area contributed by atoms with E-state index in [0.29, 0.717) is 19.6 Å².